The van der Waals surface area contributed by atoms with Crippen LogP contribution in [0.5, 0.6) is 0 Å². The summed E-state index contributed by atoms with van der Waals surface area (Å²) in [5, 5.41) is 12.7. The average Bonchev–Trinajstić information content (AvgIpc) is 3.55. The van der Waals surface area contributed by atoms with Crippen LogP contribution in [0.3, 0.4) is 0 Å². The number of pyridine rings is 1. The van der Waals surface area contributed by atoms with Gasteiger partial charge >= 0.3 is 0 Å². The first-order chi connectivity index (χ1) is 26.2. The van der Waals surface area contributed by atoms with Gasteiger partial charge in [0.1, 0.15) is 0 Å². The lowest BCUT2D eigenvalue weighted by atomic mass is 9.67. The summed E-state index contributed by atoms with van der Waals surface area (Å²) in [7, 11) is 0. The fourth-order valence-electron chi connectivity index (χ4n) is 8.61. The molecule has 1 heterocycles. The minimum Gasteiger partial charge on any atom is -0.247 e. The van der Waals surface area contributed by atoms with Crippen molar-refractivity contribution in [2.75, 3.05) is 0 Å². The van der Waals surface area contributed by atoms with Crippen molar-refractivity contribution in [1.82, 2.24) is 4.98 Å². The molecule has 0 fully saturated rings. The summed E-state index contributed by atoms with van der Waals surface area (Å²) in [6.45, 7) is 0. The van der Waals surface area contributed by atoms with Crippen LogP contribution < -0.4 is 0 Å². The van der Waals surface area contributed by atoms with Crippen molar-refractivity contribution in [1.29, 1.82) is 5.26 Å². The first-order valence-corrected chi connectivity index (χ1v) is 18.0. The standard InChI is InChI=1S/C51H32N2/c52-33-34-19-21-35(22-20-34)36-23-25-37(26-24-36)38-27-29-39(30-28-38)50-44-31-32-46-49(48(44)43-16-8-10-18-47(43)53-50)42-15-7-9-17-45(42)51(46,40-11-3-1-4-12-40)41-13-5-2-6-14-41/h1-32H. The molecule has 0 saturated heterocycles. The summed E-state index contributed by atoms with van der Waals surface area (Å²) in [6, 6.07) is 71.6. The van der Waals surface area contributed by atoms with E-state index >= 15 is 0 Å². The van der Waals surface area contributed by atoms with E-state index in [1.807, 2.05) is 24.3 Å². The molecule has 0 saturated carbocycles. The molecule has 0 radical (unpaired) electrons. The van der Waals surface area contributed by atoms with E-state index in [0.717, 1.165) is 49.8 Å². The smallest absolute Gasteiger partial charge is 0.0991 e. The van der Waals surface area contributed by atoms with Gasteiger partial charge in [-0.05, 0) is 73.8 Å². The quantitative estimate of drug-likeness (QED) is 0.171. The molecule has 0 spiro atoms. The molecular formula is C51H32N2. The minimum atomic E-state index is -0.468. The second-order valence-corrected chi connectivity index (χ2v) is 13.8. The number of rotatable bonds is 5. The summed E-state index contributed by atoms with van der Waals surface area (Å²) in [4.78, 5) is 5.35. The highest BCUT2D eigenvalue weighted by Crippen LogP contribution is 2.58. The number of hydrogen-bond acceptors (Lipinski definition) is 2. The maximum Gasteiger partial charge on any atom is 0.0991 e. The fraction of sp³-hybridized carbons (Fsp3) is 0.0196. The lowest BCUT2D eigenvalue weighted by Crippen LogP contribution is -2.28. The van der Waals surface area contributed by atoms with Gasteiger partial charge in [-0.1, -0.05) is 176 Å². The molecule has 9 aromatic rings. The van der Waals surface area contributed by atoms with E-state index in [2.05, 4.69) is 176 Å². The third-order valence-corrected chi connectivity index (χ3v) is 11.0. The number of benzene rings is 8. The third-order valence-electron chi connectivity index (χ3n) is 11.0. The van der Waals surface area contributed by atoms with Crippen LogP contribution in [0.1, 0.15) is 27.8 Å². The Kier molecular flexibility index (Phi) is 7.13. The number of hydrogen-bond donors (Lipinski definition) is 0. The minimum absolute atomic E-state index is 0.468. The Hall–Kier alpha value is -7.08. The molecule has 10 rings (SSSR count). The fourth-order valence-corrected chi connectivity index (χ4v) is 8.61. The molecule has 8 aromatic carbocycles. The van der Waals surface area contributed by atoms with Crippen LogP contribution in [0.4, 0.5) is 0 Å². The van der Waals surface area contributed by atoms with Gasteiger partial charge in [0.2, 0.25) is 0 Å². The monoisotopic (exact) mass is 672 g/mol. The highest BCUT2D eigenvalue weighted by molar-refractivity contribution is 6.19. The second kappa shape index (κ2) is 12.3. The zero-order valence-corrected chi connectivity index (χ0v) is 28.9. The maximum atomic E-state index is 9.17. The first kappa shape index (κ1) is 30.7. The molecule has 1 aromatic heterocycles. The molecule has 0 unspecified atom stereocenters. The Labute approximate surface area is 308 Å². The van der Waals surface area contributed by atoms with E-state index in [1.165, 1.54) is 38.8 Å². The van der Waals surface area contributed by atoms with E-state index in [4.69, 9.17) is 10.2 Å². The molecule has 2 nitrogen and oxygen atoms in total. The van der Waals surface area contributed by atoms with Crippen molar-refractivity contribution in [3.63, 3.8) is 0 Å². The van der Waals surface area contributed by atoms with Gasteiger partial charge in [-0.2, -0.15) is 5.26 Å². The molecule has 246 valence electrons. The number of fused-ring (bicyclic) bond motifs is 7. The van der Waals surface area contributed by atoms with Crippen molar-refractivity contribution in [2.45, 2.75) is 5.41 Å². The second-order valence-electron chi connectivity index (χ2n) is 13.8. The topological polar surface area (TPSA) is 36.7 Å². The number of nitriles is 1. The predicted octanol–water partition coefficient (Wildman–Crippen LogP) is 12.6. The Balaban J connectivity index is 1.15. The van der Waals surface area contributed by atoms with Gasteiger partial charge in [0.15, 0.2) is 0 Å². The zero-order valence-electron chi connectivity index (χ0n) is 28.9. The van der Waals surface area contributed by atoms with Crippen LogP contribution in [0.15, 0.2) is 194 Å². The summed E-state index contributed by atoms with van der Waals surface area (Å²) >= 11 is 0. The van der Waals surface area contributed by atoms with Crippen LogP contribution in [0.2, 0.25) is 0 Å². The highest BCUT2D eigenvalue weighted by Gasteiger charge is 2.46. The van der Waals surface area contributed by atoms with E-state index in [-0.39, 0.29) is 0 Å². The van der Waals surface area contributed by atoms with E-state index in [0.29, 0.717) is 5.56 Å². The molecule has 1 aliphatic rings. The number of aromatic nitrogens is 1. The number of para-hydroxylation sites is 1. The molecule has 53 heavy (non-hydrogen) atoms. The highest BCUT2D eigenvalue weighted by atomic mass is 14.7. The van der Waals surface area contributed by atoms with Crippen molar-refractivity contribution in [3.8, 4) is 50.7 Å². The summed E-state index contributed by atoms with van der Waals surface area (Å²) in [5.74, 6) is 0. The van der Waals surface area contributed by atoms with Crippen LogP contribution in [-0.2, 0) is 5.41 Å². The van der Waals surface area contributed by atoms with Crippen molar-refractivity contribution in [2.24, 2.45) is 0 Å². The van der Waals surface area contributed by atoms with Gasteiger partial charge in [0.25, 0.3) is 0 Å². The van der Waals surface area contributed by atoms with Crippen molar-refractivity contribution >= 4 is 21.7 Å². The van der Waals surface area contributed by atoms with E-state index < -0.39 is 5.41 Å². The molecule has 0 amide bonds. The third kappa shape index (κ3) is 4.75. The molecule has 1 aliphatic carbocycles. The van der Waals surface area contributed by atoms with Gasteiger partial charge in [-0.3, -0.25) is 0 Å². The van der Waals surface area contributed by atoms with Crippen molar-refractivity contribution in [3.05, 3.63) is 222 Å². The average molecular weight is 673 g/mol. The Bertz CT molecular complexity index is 2810. The van der Waals surface area contributed by atoms with E-state index in [9.17, 15) is 0 Å². The number of nitrogens with zero attached hydrogens (tertiary/aromatic N) is 2. The Morgan fingerprint density at radius 3 is 1.53 bits per heavy atom. The lowest BCUT2D eigenvalue weighted by molar-refractivity contribution is 0.769. The van der Waals surface area contributed by atoms with Gasteiger partial charge in [-0.25, -0.2) is 4.98 Å². The molecule has 0 atom stereocenters. The molecule has 0 N–H and O–H groups in total. The largest absolute Gasteiger partial charge is 0.247 e. The lowest BCUT2D eigenvalue weighted by Gasteiger charge is -2.34. The van der Waals surface area contributed by atoms with Crippen LogP contribution >= 0.6 is 0 Å². The summed E-state index contributed by atoms with van der Waals surface area (Å²) < 4.78 is 0. The molecule has 0 aliphatic heterocycles. The SMILES string of the molecule is N#Cc1ccc(-c2ccc(-c3ccc(-c4nc5ccccc5c5c6c(ccc45)C(c4ccccc4)(c4ccccc4)c4ccccc4-6)cc3)cc2)cc1. The summed E-state index contributed by atoms with van der Waals surface area (Å²) in [5.41, 5.74) is 15.4. The van der Waals surface area contributed by atoms with Gasteiger partial charge in [0.05, 0.1) is 28.3 Å². The Morgan fingerprint density at radius 1 is 0.415 bits per heavy atom. The van der Waals surface area contributed by atoms with Crippen molar-refractivity contribution < 1.29 is 0 Å². The van der Waals surface area contributed by atoms with E-state index in [1.54, 1.807) is 0 Å². The molecule has 0 bridgehead atoms. The van der Waals surface area contributed by atoms with Crippen LogP contribution in [0.25, 0.3) is 66.3 Å². The maximum absolute atomic E-state index is 9.17. The normalized spacial score (nSPS) is 12.7. The van der Waals surface area contributed by atoms with Gasteiger partial charge < -0.3 is 0 Å². The van der Waals surface area contributed by atoms with Crippen LogP contribution in [-0.4, -0.2) is 4.98 Å². The van der Waals surface area contributed by atoms with Gasteiger partial charge in [0, 0.05) is 21.7 Å². The summed E-state index contributed by atoms with van der Waals surface area (Å²) in [6.07, 6.45) is 0. The van der Waals surface area contributed by atoms with Gasteiger partial charge in [-0.15, -0.1) is 0 Å². The zero-order chi connectivity index (χ0) is 35.4. The predicted molar refractivity (Wildman–Crippen MR) is 218 cm³/mol. The Morgan fingerprint density at radius 2 is 0.925 bits per heavy atom. The van der Waals surface area contributed by atoms with Crippen LogP contribution in [0, 0.1) is 11.3 Å². The molecular weight excluding hydrogens is 641 g/mol. The molecule has 2 heteroatoms. The first-order valence-electron chi connectivity index (χ1n) is 18.0.